The lowest BCUT2D eigenvalue weighted by atomic mass is 9.90. The molecule has 1 unspecified atom stereocenters. The third-order valence-electron chi connectivity index (χ3n) is 3.87. The number of nitrogens with one attached hydrogen (secondary N) is 2. The van der Waals surface area contributed by atoms with Gasteiger partial charge in [-0.3, -0.25) is 4.99 Å². The van der Waals surface area contributed by atoms with Gasteiger partial charge < -0.3 is 20.1 Å². The summed E-state index contributed by atoms with van der Waals surface area (Å²) in [6.45, 7) is 8.63. The molecule has 0 aromatic heterocycles. The summed E-state index contributed by atoms with van der Waals surface area (Å²) >= 11 is 0. The van der Waals surface area contributed by atoms with E-state index in [9.17, 15) is 0 Å². The van der Waals surface area contributed by atoms with Crippen LogP contribution in [0, 0.1) is 0 Å². The summed E-state index contributed by atoms with van der Waals surface area (Å²) in [5, 5.41) is 6.88. The van der Waals surface area contributed by atoms with Crippen molar-refractivity contribution >= 4 is 29.9 Å². The zero-order valence-electron chi connectivity index (χ0n) is 15.1. The first-order valence-corrected chi connectivity index (χ1v) is 8.38. The summed E-state index contributed by atoms with van der Waals surface area (Å²) in [7, 11) is 1.80. The summed E-state index contributed by atoms with van der Waals surface area (Å²) in [6.07, 6.45) is 1.86. The van der Waals surface area contributed by atoms with E-state index in [0.717, 1.165) is 44.3 Å². The fourth-order valence-electron chi connectivity index (χ4n) is 2.82. The number of ether oxygens (including phenoxy) is 2. The second-order valence-electron chi connectivity index (χ2n) is 6.35. The van der Waals surface area contributed by atoms with Crippen LogP contribution in [0.1, 0.15) is 45.2 Å². The SMILES string of the molecule is CCOCCCNC(=NC)NC1CC(C)(C)Oc2ccccc21.I. The van der Waals surface area contributed by atoms with Crippen LogP contribution in [-0.2, 0) is 4.74 Å². The highest BCUT2D eigenvalue weighted by molar-refractivity contribution is 14.0. The van der Waals surface area contributed by atoms with Crippen molar-refractivity contribution in [1.29, 1.82) is 0 Å². The van der Waals surface area contributed by atoms with Gasteiger partial charge in [0.05, 0.1) is 6.04 Å². The van der Waals surface area contributed by atoms with Crippen LogP contribution in [0.15, 0.2) is 29.3 Å². The largest absolute Gasteiger partial charge is 0.487 e. The molecule has 0 saturated heterocycles. The molecule has 2 rings (SSSR count). The standard InChI is InChI=1S/C18H29N3O2.HI/c1-5-22-12-8-11-20-17(19-4)21-15-13-18(2,3)23-16-10-7-6-9-14(15)16;/h6-7,9-10,15H,5,8,11-13H2,1-4H3,(H2,19,20,21);1H. The number of hydrogen-bond acceptors (Lipinski definition) is 3. The van der Waals surface area contributed by atoms with Crippen molar-refractivity contribution in [2.45, 2.75) is 45.3 Å². The number of halogens is 1. The maximum absolute atomic E-state index is 6.07. The molecule has 1 aromatic rings. The number of rotatable bonds is 6. The van der Waals surface area contributed by atoms with E-state index in [0.29, 0.717) is 0 Å². The number of para-hydroxylation sites is 1. The Bertz CT molecular complexity index is 535. The van der Waals surface area contributed by atoms with Gasteiger partial charge in [-0.1, -0.05) is 18.2 Å². The fraction of sp³-hybridized carbons (Fsp3) is 0.611. The van der Waals surface area contributed by atoms with Crippen LogP contribution < -0.4 is 15.4 Å². The van der Waals surface area contributed by atoms with E-state index in [1.54, 1.807) is 7.05 Å². The minimum atomic E-state index is -0.195. The minimum Gasteiger partial charge on any atom is -0.487 e. The molecule has 24 heavy (non-hydrogen) atoms. The van der Waals surface area contributed by atoms with E-state index in [4.69, 9.17) is 9.47 Å². The first-order valence-electron chi connectivity index (χ1n) is 8.38. The fourth-order valence-corrected chi connectivity index (χ4v) is 2.82. The van der Waals surface area contributed by atoms with Crippen molar-refractivity contribution in [3.8, 4) is 5.75 Å². The Morgan fingerprint density at radius 3 is 2.83 bits per heavy atom. The molecule has 1 aliphatic rings. The minimum absolute atomic E-state index is 0. The molecule has 6 heteroatoms. The molecule has 0 spiro atoms. The number of fused-ring (bicyclic) bond motifs is 1. The Morgan fingerprint density at radius 1 is 1.38 bits per heavy atom. The molecular weight excluding hydrogens is 417 g/mol. The molecule has 1 aliphatic heterocycles. The second kappa shape index (κ2) is 10.1. The summed E-state index contributed by atoms with van der Waals surface area (Å²) in [5.74, 6) is 1.77. The lowest BCUT2D eigenvalue weighted by molar-refractivity contribution is 0.0694. The molecular formula is C18H30IN3O2. The van der Waals surface area contributed by atoms with E-state index >= 15 is 0 Å². The first-order chi connectivity index (χ1) is 11.1. The quantitative estimate of drug-likeness (QED) is 0.304. The van der Waals surface area contributed by atoms with Crippen LogP contribution in [0.2, 0.25) is 0 Å². The van der Waals surface area contributed by atoms with Gasteiger partial charge in [0.1, 0.15) is 11.4 Å². The van der Waals surface area contributed by atoms with E-state index in [2.05, 4.69) is 35.5 Å². The number of hydrogen-bond donors (Lipinski definition) is 2. The monoisotopic (exact) mass is 447 g/mol. The smallest absolute Gasteiger partial charge is 0.191 e. The topological polar surface area (TPSA) is 54.9 Å². The van der Waals surface area contributed by atoms with Crippen LogP contribution in [0.25, 0.3) is 0 Å². The third kappa shape index (κ3) is 6.12. The lowest BCUT2D eigenvalue weighted by Crippen LogP contribution is -2.45. The highest BCUT2D eigenvalue weighted by atomic mass is 127. The van der Waals surface area contributed by atoms with Crippen molar-refractivity contribution in [3.05, 3.63) is 29.8 Å². The molecule has 2 N–H and O–H groups in total. The summed E-state index contributed by atoms with van der Waals surface area (Å²) in [5.41, 5.74) is 0.990. The highest BCUT2D eigenvalue weighted by Crippen LogP contribution is 2.39. The van der Waals surface area contributed by atoms with Gasteiger partial charge in [0.2, 0.25) is 0 Å². The highest BCUT2D eigenvalue weighted by Gasteiger charge is 2.33. The van der Waals surface area contributed by atoms with Crippen LogP contribution >= 0.6 is 24.0 Å². The molecule has 0 fully saturated rings. The average molecular weight is 447 g/mol. The van der Waals surface area contributed by atoms with Crippen molar-refractivity contribution in [2.24, 2.45) is 4.99 Å². The van der Waals surface area contributed by atoms with Crippen molar-refractivity contribution in [2.75, 3.05) is 26.8 Å². The van der Waals surface area contributed by atoms with Crippen LogP contribution in [0.4, 0.5) is 0 Å². The normalized spacial score (nSPS) is 18.8. The molecule has 0 bridgehead atoms. The molecule has 5 nitrogen and oxygen atoms in total. The molecule has 1 atom stereocenters. The molecule has 136 valence electrons. The zero-order valence-corrected chi connectivity index (χ0v) is 17.4. The number of benzene rings is 1. The zero-order chi connectivity index (χ0) is 16.7. The van der Waals surface area contributed by atoms with Gasteiger partial charge in [-0.25, -0.2) is 0 Å². The number of guanidine groups is 1. The first kappa shape index (κ1) is 21.0. The molecule has 1 aromatic carbocycles. The lowest BCUT2D eigenvalue weighted by Gasteiger charge is -2.38. The van der Waals surface area contributed by atoms with Gasteiger partial charge in [-0.2, -0.15) is 0 Å². The van der Waals surface area contributed by atoms with E-state index in [1.165, 1.54) is 5.56 Å². The summed E-state index contributed by atoms with van der Waals surface area (Å²) in [6, 6.07) is 8.40. The van der Waals surface area contributed by atoms with Gasteiger partial charge in [-0.15, -0.1) is 24.0 Å². The third-order valence-corrected chi connectivity index (χ3v) is 3.87. The Balaban J connectivity index is 0.00000288. The van der Waals surface area contributed by atoms with E-state index in [-0.39, 0.29) is 35.6 Å². The van der Waals surface area contributed by atoms with E-state index in [1.807, 2.05) is 25.1 Å². The van der Waals surface area contributed by atoms with Crippen LogP contribution in [0.3, 0.4) is 0 Å². The van der Waals surface area contributed by atoms with Crippen molar-refractivity contribution < 1.29 is 9.47 Å². The van der Waals surface area contributed by atoms with Gasteiger partial charge in [0, 0.05) is 38.8 Å². The Kier molecular flexibility index (Phi) is 8.83. The summed E-state index contributed by atoms with van der Waals surface area (Å²) in [4.78, 5) is 4.33. The Morgan fingerprint density at radius 2 is 2.12 bits per heavy atom. The Labute approximate surface area is 162 Å². The van der Waals surface area contributed by atoms with Crippen molar-refractivity contribution in [1.82, 2.24) is 10.6 Å². The number of nitrogens with zero attached hydrogens (tertiary/aromatic N) is 1. The number of aliphatic imine (C=N–C) groups is 1. The Hall–Kier alpha value is -1.02. The molecule has 0 saturated carbocycles. The maximum Gasteiger partial charge on any atom is 0.191 e. The van der Waals surface area contributed by atoms with Gasteiger partial charge in [0.15, 0.2) is 5.96 Å². The summed E-state index contributed by atoms with van der Waals surface area (Å²) < 4.78 is 11.4. The predicted molar refractivity (Wildman–Crippen MR) is 110 cm³/mol. The van der Waals surface area contributed by atoms with Crippen LogP contribution in [-0.4, -0.2) is 38.4 Å². The molecule has 0 aliphatic carbocycles. The predicted octanol–water partition coefficient (Wildman–Crippen LogP) is 3.50. The molecule has 0 amide bonds. The maximum atomic E-state index is 6.07. The van der Waals surface area contributed by atoms with Crippen molar-refractivity contribution in [3.63, 3.8) is 0 Å². The molecule has 0 radical (unpaired) electrons. The van der Waals surface area contributed by atoms with Gasteiger partial charge in [-0.05, 0) is 33.3 Å². The average Bonchev–Trinajstić information content (AvgIpc) is 2.52. The molecule has 1 heterocycles. The van der Waals surface area contributed by atoms with Gasteiger partial charge >= 0.3 is 0 Å². The van der Waals surface area contributed by atoms with Crippen LogP contribution in [0.5, 0.6) is 5.75 Å². The van der Waals surface area contributed by atoms with E-state index < -0.39 is 0 Å². The van der Waals surface area contributed by atoms with Gasteiger partial charge in [0.25, 0.3) is 0 Å². The second-order valence-corrected chi connectivity index (χ2v) is 6.35.